The minimum atomic E-state index is -1.32. The van der Waals surface area contributed by atoms with Gasteiger partial charge in [-0.25, -0.2) is 0 Å². The highest BCUT2D eigenvalue weighted by Gasteiger charge is 2.31. The molecule has 1 unspecified atom stereocenters. The van der Waals surface area contributed by atoms with Gasteiger partial charge < -0.3 is 10.2 Å². The number of carboxylic acid groups (broad SMARTS) is 1. The van der Waals surface area contributed by atoms with Gasteiger partial charge in [-0.3, -0.25) is 4.79 Å². The van der Waals surface area contributed by atoms with Crippen molar-refractivity contribution in [1.82, 2.24) is 0 Å². The van der Waals surface area contributed by atoms with E-state index in [0.29, 0.717) is 18.4 Å². The van der Waals surface area contributed by atoms with Gasteiger partial charge in [-0.05, 0) is 52.0 Å². The molecule has 0 fully saturated rings. The fourth-order valence-corrected chi connectivity index (χ4v) is 2.58. The fraction of sp³-hybridized carbons (Fsp3) is 0.450. The molecule has 0 saturated heterocycles. The predicted molar refractivity (Wildman–Crippen MR) is 94.2 cm³/mol. The second kappa shape index (κ2) is 9.31. The van der Waals surface area contributed by atoms with Gasteiger partial charge in [0.2, 0.25) is 0 Å². The van der Waals surface area contributed by atoms with Gasteiger partial charge in [-0.2, -0.15) is 0 Å². The molecule has 0 amide bonds. The van der Waals surface area contributed by atoms with E-state index in [1.165, 1.54) is 11.1 Å². The first-order valence-corrected chi connectivity index (χ1v) is 8.12. The molecule has 3 nitrogen and oxygen atoms in total. The van der Waals surface area contributed by atoms with Crippen molar-refractivity contribution in [2.75, 3.05) is 0 Å². The lowest BCUT2D eigenvalue weighted by atomic mass is 9.86. The Morgan fingerprint density at radius 3 is 2.30 bits per heavy atom. The zero-order valence-corrected chi connectivity index (χ0v) is 14.4. The van der Waals surface area contributed by atoms with Gasteiger partial charge >= 0.3 is 5.97 Å². The zero-order chi connectivity index (χ0) is 17.3. The van der Waals surface area contributed by atoms with Gasteiger partial charge in [-0.15, -0.1) is 0 Å². The number of carboxylic acids is 1. The van der Waals surface area contributed by atoms with Crippen LogP contribution in [0.4, 0.5) is 0 Å². The second-order valence-corrected chi connectivity index (χ2v) is 6.38. The average Bonchev–Trinajstić information content (AvgIpc) is 2.47. The van der Waals surface area contributed by atoms with Crippen molar-refractivity contribution in [3.8, 4) is 0 Å². The maximum Gasteiger partial charge on any atom is 0.306 e. The number of hydrogen-bond donors (Lipinski definition) is 2. The molecule has 1 aromatic carbocycles. The second-order valence-electron chi connectivity index (χ2n) is 6.38. The van der Waals surface area contributed by atoms with E-state index in [1.54, 1.807) is 12.1 Å². The van der Waals surface area contributed by atoms with E-state index in [9.17, 15) is 9.90 Å². The van der Waals surface area contributed by atoms with Crippen LogP contribution in [0.15, 0.2) is 53.6 Å². The highest BCUT2D eigenvalue weighted by atomic mass is 16.4. The third-order valence-corrected chi connectivity index (χ3v) is 3.90. The molecule has 0 spiro atoms. The van der Waals surface area contributed by atoms with Gasteiger partial charge in [-0.1, -0.05) is 53.6 Å². The highest BCUT2D eigenvalue weighted by Crippen LogP contribution is 2.30. The Hall–Kier alpha value is -1.87. The minimum Gasteiger partial charge on any atom is -0.481 e. The molecule has 23 heavy (non-hydrogen) atoms. The molecule has 2 N–H and O–H groups in total. The maximum absolute atomic E-state index is 11.1. The minimum absolute atomic E-state index is 0.276. The number of rotatable bonds is 9. The summed E-state index contributed by atoms with van der Waals surface area (Å²) >= 11 is 0. The van der Waals surface area contributed by atoms with E-state index < -0.39 is 11.6 Å². The van der Waals surface area contributed by atoms with Crippen molar-refractivity contribution in [3.05, 3.63) is 59.2 Å². The van der Waals surface area contributed by atoms with Gasteiger partial charge in [0.25, 0.3) is 0 Å². The molecule has 126 valence electrons. The molecular weight excluding hydrogens is 288 g/mol. The lowest BCUT2D eigenvalue weighted by molar-refractivity contribution is -0.143. The molecule has 0 aromatic heterocycles. The number of allylic oxidation sites excluding steroid dienone is 4. The van der Waals surface area contributed by atoms with Crippen molar-refractivity contribution < 1.29 is 15.0 Å². The van der Waals surface area contributed by atoms with Gasteiger partial charge in [0.15, 0.2) is 0 Å². The van der Waals surface area contributed by atoms with Crippen LogP contribution < -0.4 is 0 Å². The number of carbonyl (C=O) groups is 1. The van der Waals surface area contributed by atoms with Gasteiger partial charge in [0.05, 0.1) is 6.42 Å². The van der Waals surface area contributed by atoms with Gasteiger partial charge in [0, 0.05) is 0 Å². The standard InChI is InChI=1S/C20H28O3/c1-16(2)9-7-10-17(3)11-8-14-20(23,15-19(21)22)18-12-5-4-6-13-18/h4-6,9,11-13,23H,7-8,10,14-15H2,1-3H3,(H,21,22). The van der Waals surface area contributed by atoms with Crippen LogP contribution in [0.3, 0.4) is 0 Å². The molecule has 3 heteroatoms. The highest BCUT2D eigenvalue weighted by molar-refractivity contribution is 5.68. The Labute approximate surface area is 139 Å². The Morgan fingerprint density at radius 1 is 1.09 bits per heavy atom. The topological polar surface area (TPSA) is 57.5 Å². The first kappa shape index (κ1) is 19.2. The third-order valence-electron chi connectivity index (χ3n) is 3.90. The predicted octanol–water partition coefficient (Wildman–Crippen LogP) is 4.82. The van der Waals surface area contributed by atoms with E-state index in [1.807, 2.05) is 18.2 Å². The summed E-state index contributed by atoms with van der Waals surface area (Å²) in [5.74, 6) is -0.986. The molecule has 1 atom stereocenters. The van der Waals surface area contributed by atoms with Crippen LogP contribution in [0.1, 0.15) is 58.4 Å². The van der Waals surface area contributed by atoms with Crippen molar-refractivity contribution in [3.63, 3.8) is 0 Å². The van der Waals surface area contributed by atoms with Crippen LogP contribution in [-0.4, -0.2) is 16.2 Å². The number of benzene rings is 1. The summed E-state index contributed by atoms with van der Waals surface area (Å²) in [4.78, 5) is 11.1. The van der Waals surface area contributed by atoms with Crippen LogP contribution in [0, 0.1) is 0 Å². The van der Waals surface area contributed by atoms with Crippen LogP contribution in [0.25, 0.3) is 0 Å². The molecule has 0 radical (unpaired) electrons. The lowest BCUT2D eigenvalue weighted by Crippen LogP contribution is -2.28. The SMILES string of the molecule is CC(C)=CCCC(C)=CCCC(O)(CC(=O)O)c1ccccc1. The van der Waals surface area contributed by atoms with E-state index >= 15 is 0 Å². The number of aliphatic hydroxyl groups is 1. The molecule has 0 saturated carbocycles. The van der Waals surface area contributed by atoms with E-state index in [-0.39, 0.29) is 6.42 Å². The van der Waals surface area contributed by atoms with Crippen LogP contribution in [-0.2, 0) is 10.4 Å². The molecule has 0 aliphatic heterocycles. The lowest BCUT2D eigenvalue weighted by Gasteiger charge is -2.26. The third kappa shape index (κ3) is 7.29. The summed E-state index contributed by atoms with van der Waals surface area (Å²) in [5.41, 5.74) is 1.94. The zero-order valence-electron chi connectivity index (χ0n) is 14.4. The monoisotopic (exact) mass is 316 g/mol. The van der Waals surface area contributed by atoms with Crippen molar-refractivity contribution >= 4 is 5.97 Å². The van der Waals surface area contributed by atoms with Crippen LogP contribution in [0.2, 0.25) is 0 Å². The van der Waals surface area contributed by atoms with Crippen LogP contribution >= 0.6 is 0 Å². The summed E-state index contributed by atoms with van der Waals surface area (Å²) in [6.07, 6.45) is 7.12. The Balaban J connectivity index is 2.68. The number of hydrogen-bond acceptors (Lipinski definition) is 2. The molecular formula is C20H28O3. The Bertz CT molecular complexity index is 554. The van der Waals surface area contributed by atoms with E-state index in [0.717, 1.165) is 12.8 Å². The van der Waals surface area contributed by atoms with Gasteiger partial charge in [0.1, 0.15) is 5.60 Å². The molecule has 1 rings (SSSR count). The first-order chi connectivity index (χ1) is 10.8. The van der Waals surface area contributed by atoms with Crippen molar-refractivity contribution in [1.29, 1.82) is 0 Å². The van der Waals surface area contributed by atoms with Crippen LogP contribution in [0.5, 0.6) is 0 Å². The largest absolute Gasteiger partial charge is 0.481 e. The summed E-state index contributed by atoms with van der Waals surface area (Å²) in [6.45, 7) is 6.26. The molecule has 1 aromatic rings. The Morgan fingerprint density at radius 2 is 1.74 bits per heavy atom. The smallest absolute Gasteiger partial charge is 0.306 e. The Kier molecular flexibility index (Phi) is 7.76. The average molecular weight is 316 g/mol. The summed E-state index contributed by atoms with van der Waals surface area (Å²) in [7, 11) is 0. The summed E-state index contributed by atoms with van der Waals surface area (Å²) in [5, 5.41) is 19.9. The number of aliphatic carboxylic acids is 1. The molecule has 0 aliphatic rings. The molecule has 0 heterocycles. The normalized spacial score (nSPS) is 14.2. The quantitative estimate of drug-likeness (QED) is 0.642. The molecule has 0 aliphatic carbocycles. The first-order valence-electron chi connectivity index (χ1n) is 8.12. The van der Waals surface area contributed by atoms with E-state index in [4.69, 9.17) is 5.11 Å². The summed E-state index contributed by atoms with van der Waals surface area (Å²) in [6, 6.07) is 9.08. The van der Waals surface area contributed by atoms with Crippen molar-refractivity contribution in [2.24, 2.45) is 0 Å². The van der Waals surface area contributed by atoms with Crippen molar-refractivity contribution in [2.45, 2.75) is 58.5 Å². The molecule has 0 bridgehead atoms. The maximum atomic E-state index is 11.1. The van der Waals surface area contributed by atoms with E-state index in [2.05, 4.69) is 32.9 Å². The fourth-order valence-electron chi connectivity index (χ4n) is 2.58. The summed E-state index contributed by atoms with van der Waals surface area (Å²) < 4.78 is 0.